The van der Waals surface area contributed by atoms with E-state index in [9.17, 15) is 0 Å². The van der Waals surface area contributed by atoms with Crippen molar-refractivity contribution in [1.82, 2.24) is 19.5 Å². The Morgan fingerprint density at radius 3 is 1.50 bits per heavy atom. The maximum absolute atomic E-state index is 5.01. The van der Waals surface area contributed by atoms with E-state index in [1.54, 1.807) is 0 Å². The van der Waals surface area contributed by atoms with E-state index in [1.807, 2.05) is 60.7 Å². The van der Waals surface area contributed by atoms with Crippen molar-refractivity contribution in [2.24, 2.45) is 0 Å². The van der Waals surface area contributed by atoms with Gasteiger partial charge in [0.1, 0.15) is 0 Å². The van der Waals surface area contributed by atoms with E-state index in [-0.39, 0.29) is 5.41 Å². The number of rotatable bonds is 7. The topological polar surface area (TPSA) is 43.6 Å². The molecule has 0 atom stereocenters. The Hall–Kier alpha value is -8.21. The van der Waals surface area contributed by atoms with Gasteiger partial charge in [0.15, 0.2) is 17.5 Å². The Morgan fingerprint density at radius 2 is 0.812 bits per heavy atom. The first-order valence-corrected chi connectivity index (χ1v) is 21.9. The molecule has 11 aromatic rings. The summed E-state index contributed by atoms with van der Waals surface area (Å²) >= 11 is 0. The van der Waals surface area contributed by atoms with Crippen molar-refractivity contribution < 1.29 is 0 Å². The number of benzene rings is 9. The molecule has 9 aromatic carbocycles. The number of aromatic nitrogens is 4. The van der Waals surface area contributed by atoms with Crippen LogP contribution in [0.15, 0.2) is 218 Å². The van der Waals surface area contributed by atoms with Crippen molar-refractivity contribution in [3.63, 3.8) is 0 Å². The molecule has 64 heavy (non-hydrogen) atoms. The van der Waals surface area contributed by atoms with Crippen molar-refractivity contribution in [1.29, 1.82) is 0 Å². The molecule has 1 aliphatic carbocycles. The van der Waals surface area contributed by atoms with Gasteiger partial charge in [0.05, 0.1) is 11.0 Å². The minimum absolute atomic E-state index is 0.0752. The molecule has 0 radical (unpaired) electrons. The normalized spacial score (nSPS) is 12.7. The predicted octanol–water partition coefficient (Wildman–Crippen LogP) is 15.3. The number of hydrogen-bond donors (Lipinski definition) is 0. The summed E-state index contributed by atoms with van der Waals surface area (Å²) in [6.45, 7) is 4.70. The number of fused-ring (bicyclic) bond motifs is 6. The molecule has 2 aromatic heterocycles. The molecule has 0 unspecified atom stereocenters. The first-order valence-electron chi connectivity index (χ1n) is 21.9. The summed E-state index contributed by atoms with van der Waals surface area (Å²) in [5, 5.41) is 2.42. The zero-order valence-corrected chi connectivity index (χ0v) is 35.6. The van der Waals surface area contributed by atoms with Crippen molar-refractivity contribution in [3.8, 4) is 84.4 Å². The highest BCUT2D eigenvalue weighted by Crippen LogP contribution is 2.50. The van der Waals surface area contributed by atoms with E-state index in [4.69, 9.17) is 15.0 Å². The van der Waals surface area contributed by atoms with Crippen molar-refractivity contribution >= 4 is 21.8 Å². The number of para-hydroxylation sites is 1. The van der Waals surface area contributed by atoms with E-state index >= 15 is 0 Å². The van der Waals surface area contributed by atoms with Crippen molar-refractivity contribution in [3.05, 3.63) is 230 Å². The zero-order valence-electron chi connectivity index (χ0n) is 35.6. The maximum Gasteiger partial charge on any atom is 0.164 e. The fraction of sp³-hybridized carbons (Fsp3) is 0.0500. The monoisotopic (exact) mass is 818 g/mol. The van der Waals surface area contributed by atoms with Crippen LogP contribution in [-0.2, 0) is 5.41 Å². The first-order chi connectivity index (χ1) is 31.5. The minimum Gasteiger partial charge on any atom is -0.309 e. The summed E-state index contributed by atoms with van der Waals surface area (Å²) < 4.78 is 2.46. The van der Waals surface area contributed by atoms with Crippen LogP contribution in [0.5, 0.6) is 0 Å². The molecule has 0 fully saturated rings. The molecule has 302 valence electrons. The molecule has 0 N–H and O–H groups in total. The smallest absolute Gasteiger partial charge is 0.164 e. The van der Waals surface area contributed by atoms with Crippen LogP contribution in [0.4, 0.5) is 0 Å². The third-order valence-electron chi connectivity index (χ3n) is 13.1. The molecule has 2 heterocycles. The molecule has 4 heteroatoms. The summed E-state index contributed by atoms with van der Waals surface area (Å²) in [6.07, 6.45) is 0. The molecule has 0 aliphatic heterocycles. The van der Waals surface area contributed by atoms with Crippen LogP contribution >= 0.6 is 0 Å². The van der Waals surface area contributed by atoms with Gasteiger partial charge in [0, 0.05) is 44.1 Å². The van der Waals surface area contributed by atoms with Crippen LogP contribution in [0.3, 0.4) is 0 Å². The molecular formula is C60H42N4. The van der Waals surface area contributed by atoms with Crippen LogP contribution in [-0.4, -0.2) is 19.5 Å². The number of nitrogens with zero attached hydrogens (tertiary/aromatic N) is 4. The fourth-order valence-corrected chi connectivity index (χ4v) is 9.83. The average molecular weight is 819 g/mol. The fourth-order valence-electron chi connectivity index (χ4n) is 9.83. The Morgan fingerprint density at radius 1 is 0.328 bits per heavy atom. The molecule has 1 aliphatic rings. The molecular weight excluding hydrogens is 777 g/mol. The molecule has 0 spiro atoms. The quantitative estimate of drug-likeness (QED) is 0.161. The summed E-state index contributed by atoms with van der Waals surface area (Å²) in [5.41, 5.74) is 18.7. The van der Waals surface area contributed by atoms with Gasteiger partial charge in [-0.15, -0.1) is 0 Å². The van der Waals surface area contributed by atoms with Gasteiger partial charge in [-0.25, -0.2) is 15.0 Å². The summed E-state index contributed by atoms with van der Waals surface area (Å²) in [5.74, 6) is 1.93. The van der Waals surface area contributed by atoms with Gasteiger partial charge < -0.3 is 4.57 Å². The zero-order chi connectivity index (χ0) is 42.8. The van der Waals surface area contributed by atoms with E-state index in [0.29, 0.717) is 17.5 Å². The highest BCUT2D eigenvalue weighted by Gasteiger charge is 2.35. The SMILES string of the molecule is CC1(C)c2ccccc2-c2ccc(-c3ccc4c(c3)c3cccc(-c5ccc(-c6nc(-c7ccccc7)nc(-c7ccccc7)n6)cc5)c3n4-c3cccc(-c4ccccc4)c3)cc21. The molecule has 0 saturated heterocycles. The third kappa shape index (κ3) is 6.26. The number of hydrogen-bond acceptors (Lipinski definition) is 3. The van der Waals surface area contributed by atoms with Gasteiger partial charge in [-0.3, -0.25) is 0 Å². The minimum atomic E-state index is -0.0752. The lowest BCUT2D eigenvalue weighted by atomic mass is 9.81. The molecule has 0 amide bonds. The first kappa shape index (κ1) is 37.5. The summed E-state index contributed by atoms with van der Waals surface area (Å²) in [6, 6.07) is 78.1. The third-order valence-corrected chi connectivity index (χ3v) is 13.1. The van der Waals surface area contributed by atoms with Gasteiger partial charge >= 0.3 is 0 Å². The van der Waals surface area contributed by atoms with E-state index in [0.717, 1.165) is 44.5 Å². The van der Waals surface area contributed by atoms with E-state index in [2.05, 4.69) is 176 Å². The Bertz CT molecular complexity index is 3490. The second-order valence-electron chi connectivity index (χ2n) is 17.2. The highest BCUT2D eigenvalue weighted by molar-refractivity contribution is 6.15. The Labute approximate surface area is 372 Å². The lowest BCUT2D eigenvalue weighted by Gasteiger charge is -2.22. The van der Waals surface area contributed by atoms with Gasteiger partial charge in [0.25, 0.3) is 0 Å². The molecule has 0 saturated carbocycles. The van der Waals surface area contributed by atoms with E-state index in [1.165, 1.54) is 55.3 Å². The lowest BCUT2D eigenvalue weighted by molar-refractivity contribution is 0.660. The summed E-state index contributed by atoms with van der Waals surface area (Å²) in [4.78, 5) is 14.9. The molecule has 12 rings (SSSR count). The van der Waals surface area contributed by atoms with Crippen LogP contribution in [0.25, 0.3) is 106 Å². The maximum atomic E-state index is 5.01. The van der Waals surface area contributed by atoms with Crippen LogP contribution in [0.1, 0.15) is 25.0 Å². The van der Waals surface area contributed by atoms with E-state index < -0.39 is 0 Å². The Balaban J connectivity index is 1.02. The van der Waals surface area contributed by atoms with Gasteiger partial charge in [-0.1, -0.05) is 202 Å². The average Bonchev–Trinajstić information content (AvgIpc) is 3.82. The van der Waals surface area contributed by atoms with Crippen molar-refractivity contribution in [2.75, 3.05) is 0 Å². The second-order valence-corrected chi connectivity index (χ2v) is 17.2. The van der Waals surface area contributed by atoms with Crippen molar-refractivity contribution in [2.45, 2.75) is 19.3 Å². The second kappa shape index (κ2) is 15.0. The molecule has 0 bridgehead atoms. The Kier molecular flexibility index (Phi) is 8.80. The van der Waals surface area contributed by atoms with Gasteiger partial charge in [-0.05, 0) is 80.4 Å². The summed E-state index contributed by atoms with van der Waals surface area (Å²) in [7, 11) is 0. The molecule has 4 nitrogen and oxygen atoms in total. The van der Waals surface area contributed by atoms with Gasteiger partial charge in [0.2, 0.25) is 0 Å². The lowest BCUT2D eigenvalue weighted by Crippen LogP contribution is -2.14. The predicted molar refractivity (Wildman–Crippen MR) is 264 cm³/mol. The standard InChI is InChI=1S/C60H42N4/c1-60(2)53-27-13-12-24-49(53)50-34-32-46(38-54(50)60)45-33-35-55-52(37-45)51-26-15-25-48(56(51)64(55)47-23-14-22-44(36-47)39-16-6-3-7-17-39)40-28-30-43(31-29-40)59-62-57(41-18-8-4-9-19-41)61-58(63-59)42-20-10-5-11-21-42/h3-38H,1-2H3. The largest absolute Gasteiger partial charge is 0.309 e. The highest BCUT2D eigenvalue weighted by atomic mass is 15.0. The van der Waals surface area contributed by atoms with Crippen LogP contribution in [0, 0.1) is 0 Å². The van der Waals surface area contributed by atoms with Crippen LogP contribution in [0.2, 0.25) is 0 Å². The van der Waals surface area contributed by atoms with Crippen LogP contribution < -0.4 is 0 Å². The van der Waals surface area contributed by atoms with Gasteiger partial charge in [-0.2, -0.15) is 0 Å².